The zero-order valence-corrected chi connectivity index (χ0v) is 10.2. The van der Waals surface area contributed by atoms with Gasteiger partial charge < -0.3 is 0 Å². The van der Waals surface area contributed by atoms with Crippen LogP contribution < -0.4 is 0 Å². The molecule has 0 amide bonds. The third-order valence-electron chi connectivity index (χ3n) is 2.03. The first-order valence-corrected chi connectivity index (χ1v) is 6.38. The highest BCUT2D eigenvalue weighted by Gasteiger charge is 2.18. The minimum atomic E-state index is 0.147. The van der Waals surface area contributed by atoms with Crippen LogP contribution in [0.5, 0.6) is 0 Å². The van der Waals surface area contributed by atoms with Crippen molar-refractivity contribution in [1.29, 1.82) is 15.8 Å². The fraction of sp³-hybridized carbons (Fsp3) is 0.100. The molecule has 5 nitrogen and oxygen atoms in total. The van der Waals surface area contributed by atoms with Gasteiger partial charge in [0.1, 0.15) is 27.9 Å². The first-order chi connectivity index (χ1) is 8.24. The molecule has 0 atom stereocenters. The normalized spacial score (nSPS) is 9.53. The molecule has 0 aliphatic heterocycles. The van der Waals surface area contributed by atoms with Crippen LogP contribution in [0.15, 0.2) is 5.16 Å². The zero-order chi connectivity index (χ0) is 12.4. The lowest BCUT2D eigenvalue weighted by Crippen LogP contribution is -1.91. The molecule has 0 bridgehead atoms. The lowest BCUT2D eigenvalue weighted by atomic mass is 10.1. The van der Waals surface area contributed by atoms with E-state index in [1.54, 1.807) is 6.26 Å². The Morgan fingerprint density at radius 2 is 1.88 bits per heavy atom. The van der Waals surface area contributed by atoms with Gasteiger partial charge >= 0.3 is 0 Å². The molecular formula is C10H3N5S2. The van der Waals surface area contributed by atoms with Gasteiger partial charge in [-0.3, -0.25) is 0 Å². The Kier molecular flexibility index (Phi) is 2.93. The molecule has 0 saturated heterocycles. The summed E-state index contributed by atoms with van der Waals surface area (Å²) in [5.41, 5.74) is 0.338. The topological polar surface area (TPSA) is 97.1 Å². The van der Waals surface area contributed by atoms with Crippen LogP contribution in [0.4, 0.5) is 0 Å². The van der Waals surface area contributed by atoms with Gasteiger partial charge in [0.05, 0.1) is 10.9 Å². The van der Waals surface area contributed by atoms with Crippen molar-refractivity contribution < 1.29 is 0 Å². The average Bonchev–Trinajstić information content (AvgIpc) is 2.74. The second kappa shape index (κ2) is 4.39. The first kappa shape index (κ1) is 11.3. The van der Waals surface area contributed by atoms with Gasteiger partial charge in [0.15, 0.2) is 10.9 Å². The summed E-state index contributed by atoms with van der Waals surface area (Å²) in [6.45, 7) is 0. The van der Waals surface area contributed by atoms with Crippen LogP contribution in [0, 0.1) is 34.0 Å². The molecule has 2 heterocycles. The summed E-state index contributed by atoms with van der Waals surface area (Å²) in [4.78, 5) is 9.01. The van der Waals surface area contributed by atoms with Crippen LogP contribution in [-0.2, 0) is 0 Å². The minimum Gasteiger partial charge on any atom is -0.211 e. The quantitative estimate of drug-likeness (QED) is 0.572. The second-order valence-corrected chi connectivity index (χ2v) is 4.65. The van der Waals surface area contributed by atoms with E-state index in [0.29, 0.717) is 15.4 Å². The lowest BCUT2D eigenvalue weighted by Gasteiger charge is -1.96. The van der Waals surface area contributed by atoms with E-state index in [1.165, 1.54) is 11.8 Å². The van der Waals surface area contributed by atoms with Crippen molar-refractivity contribution in [3.8, 4) is 18.2 Å². The van der Waals surface area contributed by atoms with Crippen molar-refractivity contribution in [3.63, 3.8) is 0 Å². The summed E-state index contributed by atoms with van der Waals surface area (Å²) >= 11 is 2.42. The Morgan fingerprint density at radius 3 is 2.41 bits per heavy atom. The Labute approximate surface area is 105 Å². The molecule has 0 unspecified atom stereocenters. The number of nitriles is 3. The predicted octanol–water partition coefficient (Wildman–Crippen LogP) is 2.03. The van der Waals surface area contributed by atoms with E-state index in [4.69, 9.17) is 15.8 Å². The highest BCUT2D eigenvalue weighted by atomic mass is 32.2. The Morgan fingerprint density at radius 1 is 1.12 bits per heavy atom. The average molecular weight is 257 g/mol. The molecule has 7 heteroatoms. The minimum absolute atomic E-state index is 0.147. The maximum atomic E-state index is 9.02. The number of thiophene rings is 1. The molecule has 0 radical (unpaired) electrons. The van der Waals surface area contributed by atoms with E-state index in [9.17, 15) is 0 Å². The maximum absolute atomic E-state index is 9.02. The molecular weight excluding hydrogens is 254 g/mol. The van der Waals surface area contributed by atoms with Crippen molar-refractivity contribution in [2.24, 2.45) is 0 Å². The van der Waals surface area contributed by atoms with Gasteiger partial charge in [0, 0.05) is 0 Å². The number of thioether (sulfide) groups is 1. The third kappa shape index (κ3) is 1.70. The molecule has 2 aromatic heterocycles. The summed E-state index contributed by atoms with van der Waals surface area (Å²) in [5, 5.41) is 27.8. The van der Waals surface area contributed by atoms with Crippen molar-refractivity contribution in [2.45, 2.75) is 5.16 Å². The van der Waals surface area contributed by atoms with Gasteiger partial charge in [0.2, 0.25) is 0 Å². The maximum Gasteiger partial charge on any atom is 0.189 e. The Hall–Kier alpha value is -2.14. The Bertz CT molecular complexity index is 726. The van der Waals surface area contributed by atoms with Gasteiger partial charge in [-0.2, -0.15) is 15.8 Å². The number of fused-ring (bicyclic) bond motifs is 1. The summed E-state index contributed by atoms with van der Waals surface area (Å²) in [6.07, 6.45) is 1.80. The van der Waals surface area contributed by atoms with Gasteiger partial charge in [0.25, 0.3) is 0 Å². The van der Waals surface area contributed by atoms with Gasteiger partial charge in [-0.1, -0.05) is 11.8 Å². The number of hydrogen-bond donors (Lipinski definition) is 0. The van der Waals surface area contributed by atoms with Gasteiger partial charge in [-0.25, -0.2) is 9.97 Å². The highest BCUT2D eigenvalue weighted by Crippen LogP contribution is 2.31. The monoisotopic (exact) mass is 257 g/mol. The molecule has 0 N–H and O–H groups in total. The molecule has 0 fully saturated rings. The molecule has 2 aromatic rings. The van der Waals surface area contributed by atoms with E-state index >= 15 is 0 Å². The van der Waals surface area contributed by atoms with Crippen LogP contribution in [0.1, 0.15) is 16.1 Å². The van der Waals surface area contributed by atoms with Crippen LogP contribution in [0.2, 0.25) is 0 Å². The van der Waals surface area contributed by atoms with Crippen molar-refractivity contribution >= 4 is 33.3 Å². The van der Waals surface area contributed by atoms with E-state index in [2.05, 4.69) is 9.97 Å². The lowest BCUT2D eigenvalue weighted by molar-refractivity contribution is 0.998. The first-order valence-electron chi connectivity index (χ1n) is 4.34. The third-order valence-corrected chi connectivity index (χ3v) is 3.57. The highest BCUT2D eigenvalue weighted by molar-refractivity contribution is 7.98. The fourth-order valence-electron chi connectivity index (χ4n) is 1.34. The summed E-state index contributed by atoms with van der Waals surface area (Å²) in [5.74, 6) is 0. The van der Waals surface area contributed by atoms with E-state index in [-0.39, 0.29) is 16.1 Å². The standard InChI is InChI=1S/C10H3N5S2/c1-16-10-14-6(3-12)8-5(2-11)7(4-13)17-9(8)15-10/h1H3. The van der Waals surface area contributed by atoms with Crippen molar-refractivity contribution in [1.82, 2.24) is 9.97 Å². The van der Waals surface area contributed by atoms with Crippen molar-refractivity contribution in [3.05, 3.63) is 16.1 Å². The summed E-state index contributed by atoms with van der Waals surface area (Å²) in [6, 6.07) is 5.81. The smallest absolute Gasteiger partial charge is 0.189 e. The fourth-order valence-corrected chi connectivity index (χ4v) is 2.68. The van der Waals surface area contributed by atoms with Crippen LogP contribution in [0.3, 0.4) is 0 Å². The molecule has 80 valence electrons. The zero-order valence-electron chi connectivity index (χ0n) is 8.55. The largest absolute Gasteiger partial charge is 0.211 e. The van der Waals surface area contributed by atoms with Crippen molar-refractivity contribution in [2.75, 3.05) is 6.26 Å². The second-order valence-electron chi connectivity index (χ2n) is 2.88. The van der Waals surface area contributed by atoms with E-state index in [1.807, 2.05) is 18.2 Å². The number of nitrogens with zero attached hydrogens (tertiary/aromatic N) is 5. The van der Waals surface area contributed by atoms with Crippen LogP contribution in [0.25, 0.3) is 10.2 Å². The van der Waals surface area contributed by atoms with Crippen LogP contribution in [-0.4, -0.2) is 16.2 Å². The van der Waals surface area contributed by atoms with E-state index < -0.39 is 0 Å². The Balaban J connectivity index is 2.96. The van der Waals surface area contributed by atoms with Gasteiger partial charge in [-0.05, 0) is 6.26 Å². The van der Waals surface area contributed by atoms with E-state index in [0.717, 1.165) is 11.3 Å². The predicted molar refractivity (Wildman–Crippen MR) is 63.3 cm³/mol. The number of hydrogen-bond acceptors (Lipinski definition) is 7. The molecule has 0 aliphatic carbocycles. The molecule has 0 aromatic carbocycles. The molecule has 0 spiro atoms. The SMILES string of the molecule is CSc1nc(C#N)c2c(C#N)c(C#N)sc2n1. The number of rotatable bonds is 1. The molecule has 17 heavy (non-hydrogen) atoms. The van der Waals surface area contributed by atoms with Gasteiger partial charge in [-0.15, -0.1) is 11.3 Å². The summed E-state index contributed by atoms with van der Waals surface area (Å²) < 4.78 is 0. The molecule has 0 saturated carbocycles. The molecule has 2 rings (SSSR count). The summed E-state index contributed by atoms with van der Waals surface area (Å²) in [7, 11) is 0. The van der Waals surface area contributed by atoms with Crippen LogP contribution >= 0.6 is 23.1 Å². The molecule has 0 aliphatic rings. The number of aromatic nitrogens is 2.